The second-order valence-corrected chi connectivity index (χ2v) is 4.93. The number of nitrogens with one attached hydrogen (secondary N) is 1. The van der Waals surface area contributed by atoms with Crippen molar-refractivity contribution in [2.24, 2.45) is 7.05 Å². The van der Waals surface area contributed by atoms with Gasteiger partial charge in [0.05, 0.1) is 16.4 Å². The summed E-state index contributed by atoms with van der Waals surface area (Å²) in [6.07, 6.45) is 6.26. The van der Waals surface area contributed by atoms with Crippen molar-refractivity contribution in [1.29, 1.82) is 0 Å². The van der Waals surface area contributed by atoms with Crippen LogP contribution in [0.5, 0.6) is 0 Å². The largest absolute Gasteiger partial charge is 0.397 e. The fraction of sp³-hybridized carbons (Fsp3) is 0.333. The van der Waals surface area contributed by atoms with Gasteiger partial charge in [-0.25, -0.2) is 9.97 Å². The van der Waals surface area contributed by atoms with Gasteiger partial charge in [0.25, 0.3) is 0 Å². The third-order valence-electron chi connectivity index (χ3n) is 2.86. The Morgan fingerprint density at radius 2 is 2.22 bits per heavy atom. The van der Waals surface area contributed by atoms with Crippen LogP contribution in [0.3, 0.4) is 0 Å². The molecule has 0 aliphatic carbocycles. The summed E-state index contributed by atoms with van der Waals surface area (Å²) in [5.74, 6) is 1.86. The summed E-state index contributed by atoms with van der Waals surface area (Å²) in [4.78, 5) is 8.54. The van der Waals surface area contributed by atoms with E-state index >= 15 is 0 Å². The lowest BCUT2D eigenvalue weighted by molar-refractivity contribution is 0.788. The maximum absolute atomic E-state index is 5.78. The lowest BCUT2D eigenvalue weighted by atomic mass is 10.2. The highest BCUT2D eigenvalue weighted by Crippen LogP contribution is 2.27. The molecule has 3 N–H and O–H groups in total. The zero-order valence-corrected chi connectivity index (χ0v) is 12.0. The fourth-order valence-corrected chi connectivity index (χ4v) is 2.12. The van der Waals surface area contributed by atoms with Gasteiger partial charge in [0.2, 0.25) is 0 Å². The number of pyridine rings is 1. The summed E-state index contributed by atoms with van der Waals surface area (Å²) in [7, 11) is 1.99. The Hall–Kier alpha value is -1.56. The first kappa shape index (κ1) is 12.9. The number of aryl methyl sites for hydroxylation is 1. The van der Waals surface area contributed by atoms with Crippen LogP contribution in [-0.2, 0) is 13.5 Å². The molecule has 5 nitrogen and oxygen atoms in total. The van der Waals surface area contributed by atoms with Gasteiger partial charge in [0.15, 0.2) is 0 Å². The summed E-state index contributed by atoms with van der Waals surface area (Å²) in [5, 5.41) is 3.28. The SMILES string of the molecule is Cc1c(N)cnc(NCCc2nccn2C)c1Br. The maximum atomic E-state index is 5.78. The Labute approximate surface area is 115 Å². The van der Waals surface area contributed by atoms with E-state index in [1.165, 1.54) is 0 Å². The van der Waals surface area contributed by atoms with Crippen LogP contribution in [-0.4, -0.2) is 21.1 Å². The van der Waals surface area contributed by atoms with E-state index in [4.69, 9.17) is 5.73 Å². The molecule has 2 rings (SSSR count). The van der Waals surface area contributed by atoms with Crippen LogP contribution < -0.4 is 11.1 Å². The fourth-order valence-electron chi connectivity index (χ4n) is 1.65. The van der Waals surface area contributed by atoms with E-state index < -0.39 is 0 Å². The number of rotatable bonds is 4. The summed E-state index contributed by atoms with van der Waals surface area (Å²) < 4.78 is 2.93. The van der Waals surface area contributed by atoms with Gasteiger partial charge in [-0.05, 0) is 28.4 Å². The molecule has 2 heterocycles. The number of halogens is 1. The van der Waals surface area contributed by atoms with Gasteiger partial charge in [-0.2, -0.15) is 0 Å². The minimum atomic E-state index is 0.691. The molecule has 0 saturated carbocycles. The van der Waals surface area contributed by atoms with Crippen molar-refractivity contribution in [2.75, 3.05) is 17.6 Å². The lowest BCUT2D eigenvalue weighted by Gasteiger charge is -2.10. The van der Waals surface area contributed by atoms with Crippen LogP contribution in [0.2, 0.25) is 0 Å². The first-order valence-corrected chi connectivity index (χ1v) is 6.49. The molecule has 2 aromatic rings. The Morgan fingerprint density at radius 1 is 1.44 bits per heavy atom. The second-order valence-electron chi connectivity index (χ2n) is 4.13. The van der Waals surface area contributed by atoms with Crippen molar-refractivity contribution >= 4 is 27.4 Å². The molecule has 0 aliphatic rings. The van der Waals surface area contributed by atoms with Crippen LogP contribution in [0, 0.1) is 6.92 Å². The van der Waals surface area contributed by atoms with Crippen molar-refractivity contribution in [3.63, 3.8) is 0 Å². The summed E-state index contributed by atoms with van der Waals surface area (Å²) in [6.45, 7) is 2.74. The molecule has 0 amide bonds. The van der Waals surface area contributed by atoms with Gasteiger partial charge < -0.3 is 15.6 Å². The molecule has 0 fully saturated rings. The number of nitrogens with two attached hydrogens (primary N) is 1. The maximum Gasteiger partial charge on any atom is 0.140 e. The van der Waals surface area contributed by atoms with Crippen molar-refractivity contribution < 1.29 is 0 Å². The van der Waals surface area contributed by atoms with E-state index in [2.05, 4.69) is 31.2 Å². The van der Waals surface area contributed by atoms with Gasteiger partial charge >= 0.3 is 0 Å². The molecule has 0 aliphatic heterocycles. The summed E-state index contributed by atoms with van der Waals surface area (Å²) in [6, 6.07) is 0. The number of nitrogen functional groups attached to an aromatic ring is 1. The predicted molar refractivity (Wildman–Crippen MR) is 76.5 cm³/mol. The Morgan fingerprint density at radius 3 is 2.89 bits per heavy atom. The predicted octanol–water partition coefficient (Wildman–Crippen LogP) is 2.12. The number of anilines is 2. The number of hydrogen-bond acceptors (Lipinski definition) is 4. The van der Waals surface area contributed by atoms with Gasteiger partial charge in [-0.15, -0.1) is 0 Å². The molecule has 0 radical (unpaired) electrons. The Bertz CT molecular complexity index is 549. The normalized spacial score (nSPS) is 10.6. The van der Waals surface area contributed by atoms with E-state index in [-0.39, 0.29) is 0 Å². The minimum Gasteiger partial charge on any atom is -0.397 e. The van der Waals surface area contributed by atoms with Crippen LogP contribution in [0.1, 0.15) is 11.4 Å². The van der Waals surface area contributed by atoms with Crippen LogP contribution >= 0.6 is 15.9 Å². The van der Waals surface area contributed by atoms with Gasteiger partial charge in [0.1, 0.15) is 11.6 Å². The van der Waals surface area contributed by atoms with Crippen LogP contribution in [0.25, 0.3) is 0 Å². The summed E-state index contributed by atoms with van der Waals surface area (Å²) >= 11 is 3.50. The zero-order chi connectivity index (χ0) is 13.1. The first-order chi connectivity index (χ1) is 8.59. The highest BCUT2D eigenvalue weighted by atomic mass is 79.9. The van der Waals surface area contributed by atoms with Gasteiger partial charge in [0, 0.05) is 32.4 Å². The number of hydrogen-bond donors (Lipinski definition) is 2. The zero-order valence-electron chi connectivity index (χ0n) is 10.4. The van der Waals surface area contributed by atoms with Gasteiger partial charge in [-0.3, -0.25) is 0 Å². The second kappa shape index (κ2) is 5.39. The smallest absolute Gasteiger partial charge is 0.140 e. The average Bonchev–Trinajstić information content (AvgIpc) is 2.75. The molecule has 96 valence electrons. The monoisotopic (exact) mass is 309 g/mol. The molecular weight excluding hydrogens is 294 g/mol. The first-order valence-electron chi connectivity index (χ1n) is 5.70. The Kier molecular flexibility index (Phi) is 3.86. The number of nitrogens with zero attached hydrogens (tertiary/aromatic N) is 3. The minimum absolute atomic E-state index is 0.691. The Balaban J connectivity index is 1.99. The highest BCUT2D eigenvalue weighted by molar-refractivity contribution is 9.10. The summed E-state index contributed by atoms with van der Waals surface area (Å²) in [5.41, 5.74) is 7.48. The van der Waals surface area contributed by atoms with Crippen molar-refractivity contribution in [3.05, 3.63) is 34.5 Å². The molecule has 0 atom stereocenters. The van der Waals surface area contributed by atoms with E-state index in [9.17, 15) is 0 Å². The van der Waals surface area contributed by atoms with E-state index in [1.54, 1.807) is 12.4 Å². The molecule has 0 unspecified atom stereocenters. The standard InChI is InChI=1S/C12H16BrN5/c1-8-9(14)7-17-12(11(8)13)16-4-3-10-15-5-6-18(10)2/h5-7H,3-4,14H2,1-2H3,(H,16,17). The third kappa shape index (κ3) is 2.64. The highest BCUT2D eigenvalue weighted by Gasteiger charge is 2.07. The van der Waals surface area contributed by atoms with Crippen molar-refractivity contribution in [1.82, 2.24) is 14.5 Å². The number of aromatic nitrogens is 3. The molecule has 0 aromatic carbocycles. The molecule has 0 saturated heterocycles. The van der Waals surface area contributed by atoms with Crippen molar-refractivity contribution in [2.45, 2.75) is 13.3 Å². The van der Waals surface area contributed by atoms with E-state index in [0.29, 0.717) is 5.69 Å². The molecular formula is C12H16BrN5. The van der Waals surface area contributed by atoms with Crippen LogP contribution in [0.4, 0.5) is 11.5 Å². The topological polar surface area (TPSA) is 68.8 Å². The molecule has 6 heteroatoms. The van der Waals surface area contributed by atoms with E-state index in [1.807, 2.05) is 24.7 Å². The number of imidazole rings is 1. The van der Waals surface area contributed by atoms with Gasteiger partial charge in [-0.1, -0.05) is 0 Å². The van der Waals surface area contributed by atoms with Crippen molar-refractivity contribution in [3.8, 4) is 0 Å². The average molecular weight is 310 g/mol. The lowest BCUT2D eigenvalue weighted by Crippen LogP contribution is -2.10. The molecule has 0 spiro atoms. The van der Waals surface area contributed by atoms with E-state index in [0.717, 1.165) is 34.6 Å². The molecule has 0 bridgehead atoms. The van der Waals surface area contributed by atoms with Crippen LogP contribution in [0.15, 0.2) is 23.1 Å². The molecule has 2 aromatic heterocycles. The molecule has 18 heavy (non-hydrogen) atoms. The quantitative estimate of drug-likeness (QED) is 0.907. The third-order valence-corrected chi connectivity index (χ3v) is 3.84.